The molecule has 0 saturated heterocycles. The van der Waals surface area contributed by atoms with Gasteiger partial charge in [0.05, 0.1) is 30.0 Å². The number of methoxy groups -OCH3 is 2. The topological polar surface area (TPSA) is 91.5 Å². The van der Waals surface area contributed by atoms with Crippen molar-refractivity contribution < 1.29 is 22.4 Å². The number of rotatable bonds is 5. The summed E-state index contributed by atoms with van der Waals surface area (Å²) in [6.07, 6.45) is 1.55. The molecule has 0 aliphatic heterocycles. The zero-order chi connectivity index (χ0) is 19.0. The van der Waals surface area contributed by atoms with Crippen molar-refractivity contribution in [2.75, 3.05) is 14.2 Å². The first-order valence-corrected chi connectivity index (χ1v) is 9.76. The molecule has 4 rings (SSSR count). The Morgan fingerprint density at radius 1 is 1.00 bits per heavy atom. The Kier molecular flexibility index (Phi) is 4.19. The van der Waals surface area contributed by atoms with Crippen molar-refractivity contribution in [1.29, 1.82) is 0 Å². The Labute approximate surface area is 155 Å². The number of hydrogen-bond acceptors (Lipinski definition) is 7. The van der Waals surface area contributed by atoms with Gasteiger partial charge in [-0.25, -0.2) is 8.42 Å². The Hall–Kier alpha value is -3.13. The summed E-state index contributed by atoms with van der Waals surface area (Å²) in [5, 5.41) is 5.13. The molecule has 0 aliphatic carbocycles. The van der Waals surface area contributed by atoms with Crippen LogP contribution in [0.3, 0.4) is 0 Å². The second-order valence-corrected chi connectivity index (χ2v) is 7.85. The van der Waals surface area contributed by atoms with E-state index in [0.717, 1.165) is 0 Å². The molecule has 27 heavy (non-hydrogen) atoms. The Morgan fingerprint density at radius 2 is 1.81 bits per heavy atom. The molecule has 138 valence electrons. The van der Waals surface area contributed by atoms with E-state index in [0.29, 0.717) is 39.1 Å². The van der Waals surface area contributed by atoms with Gasteiger partial charge in [-0.05, 0) is 36.4 Å². The molecule has 2 aromatic heterocycles. The highest BCUT2D eigenvalue weighted by Gasteiger charge is 2.25. The van der Waals surface area contributed by atoms with Gasteiger partial charge in [0.1, 0.15) is 22.9 Å². The third kappa shape index (κ3) is 2.87. The van der Waals surface area contributed by atoms with Gasteiger partial charge >= 0.3 is 0 Å². The molecule has 0 bridgehead atoms. The largest absolute Gasteiger partial charge is 0.496 e. The van der Waals surface area contributed by atoms with Crippen molar-refractivity contribution in [2.24, 2.45) is 0 Å². The molecular weight excluding hydrogens is 368 g/mol. The molecule has 0 aliphatic rings. The second kappa shape index (κ2) is 6.55. The van der Waals surface area contributed by atoms with Crippen LogP contribution in [0.2, 0.25) is 0 Å². The highest BCUT2D eigenvalue weighted by Crippen LogP contribution is 2.34. The molecule has 0 amide bonds. The fourth-order valence-electron chi connectivity index (χ4n) is 3.10. The predicted octanol–water partition coefficient (Wildman–Crippen LogP) is 3.37. The maximum absolute atomic E-state index is 13.2. The highest BCUT2D eigenvalue weighted by molar-refractivity contribution is 7.90. The smallest absolute Gasteiger partial charge is 0.186 e. The van der Waals surface area contributed by atoms with Crippen LogP contribution in [0.1, 0.15) is 5.69 Å². The first-order chi connectivity index (χ1) is 13.0. The number of ether oxygens (including phenoxy) is 2. The molecule has 0 spiro atoms. The molecular formula is C19H16N2O5S. The normalized spacial score (nSPS) is 11.8. The third-order valence-electron chi connectivity index (χ3n) is 4.33. The standard InChI is InChI=1S/C19H16N2O5S/c1-24-14-8-9-17(19-12(14)5-4-10-20-19)27(22,23)11-13-18-15(25-2)6-3-7-16(18)26-21-13/h3-10H,11H2,1-2H3. The van der Waals surface area contributed by atoms with Gasteiger partial charge in [0, 0.05) is 11.6 Å². The molecule has 2 heterocycles. The van der Waals surface area contributed by atoms with E-state index in [2.05, 4.69) is 10.1 Å². The van der Waals surface area contributed by atoms with Crippen molar-refractivity contribution in [1.82, 2.24) is 10.1 Å². The van der Waals surface area contributed by atoms with E-state index in [1.54, 1.807) is 42.6 Å². The van der Waals surface area contributed by atoms with Gasteiger partial charge < -0.3 is 14.0 Å². The SMILES string of the molecule is COc1ccc(S(=O)(=O)Cc2noc3cccc(OC)c23)c2ncccc12. The number of fused-ring (bicyclic) bond motifs is 2. The summed E-state index contributed by atoms with van der Waals surface area (Å²) in [5.74, 6) is 0.737. The van der Waals surface area contributed by atoms with E-state index in [-0.39, 0.29) is 10.6 Å². The van der Waals surface area contributed by atoms with Crippen LogP contribution in [-0.4, -0.2) is 32.8 Å². The van der Waals surface area contributed by atoms with E-state index >= 15 is 0 Å². The fourth-order valence-corrected chi connectivity index (χ4v) is 4.54. The number of pyridine rings is 1. The van der Waals surface area contributed by atoms with Crippen molar-refractivity contribution in [2.45, 2.75) is 10.6 Å². The minimum atomic E-state index is -3.75. The van der Waals surface area contributed by atoms with Crippen LogP contribution < -0.4 is 9.47 Å². The molecule has 0 fully saturated rings. The first kappa shape index (κ1) is 17.3. The van der Waals surface area contributed by atoms with Crippen LogP contribution >= 0.6 is 0 Å². The quantitative estimate of drug-likeness (QED) is 0.521. The molecule has 0 atom stereocenters. The summed E-state index contributed by atoms with van der Waals surface area (Å²) in [4.78, 5) is 4.37. The van der Waals surface area contributed by atoms with E-state index in [1.807, 2.05) is 0 Å². The van der Waals surface area contributed by atoms with Crippen LogP contribution in [0, 0.1) is 0 Å². The summed E-state index contributed by atoms with van der Waals surface area (Å²) in [5.41, 5.74) is 1.12. The summed E-state index contributed by atoms with van der Waals surface area (Å²) in [7, 11) is -0.701. The van der Waals surface area contributed by atoms with Crippen LogP contribution in [0.25, 0.3) is 21.9 Å². The summed E-state index contributed by atoms with van der Waals surface area (Å²) < 4.78 is 42.2. The van der Waals surface area contributed by atoms with Crippen molar-refractivity contribution in [3.05, 3.63) is 54.4 Å². The zero-order valence-electron chi connectivity index (χ0n) is 14.7. The van der Waals surface area contributed by atoms with E-state index in [4.69, 9.17) is 14.0 Å². The van der Waals surface area contributed by atoms with Gasteiger partial charge in [-0.3, -0.25) is 4.98 Å². The number of aromatic nitrogens is 2. The van der Waals surface area contributed by atoms with Gasteiger partial charge in [-0.15, -0.1) is 0 Å². The summed E-state index contributed by atoms with van der Waals surface area (Å²) in [6, 6.07) is 11.8. The maximum Gasteiger partial charge on any atom is 0.186 e. The van der Waals surface area contributed by atoms with E-state index in [9.17, 15) is 8.42 Å². The fraction of sp³-hybridized carbons (Fsp3) is 0.158. The lowest BCUT2D eigenvalue weighted by atomic mass is 10.2. The minimum Gasteiger partial charge on any atom is -0.496 e. The number of hydrogen-bond donors (Lipinski definition) is 0. The molecule has 0 unspecified atom stereocenters. The number of nitrogens with zero attached hydrogens (tertiary/aromatic N) is 2. The van der Waals surface area contributed by atoms with Gasteiger partial charge in [-0.2, -0.15) is 0 Å². The second-order valence-electron chi connectivity index (χ2n) is 5.89. The van der Waals surface area contributed by atoms with Gasteiger partial charge in [0.15, 0.2) is 15.4 Å². The highest BCUT2D eigenvalue weighted by atomic mass is 32.2. The van der Waals surface area contributed by atoms with Gasteiger partial charge in [0.2, 0.25) is 0 Å². The van der Waals surface area contributed by atoms with Crippen LogP contribution in [-0.2, 0) is 15.6 Å². The van der Waals surface area contributed by atoms with E-state index in [1.165, 1.54) is 20.3 Å². The maximum atomic E-state index is 13.2. The van der Waals surface area contributed by atoms with Crippen LogP contribution in [0.4, 0.5) is 0 Å². The molecule has 2 aromatic carbocycles. The summed E-state index contributed by atoms with van der Waals surface area (Å²) in [6.45, 7) is 0. The minimum absolute atomic E-state index is 0.116. The average Bonchev–Trinajstić information content (AvgIpc) is 3.09. The number of benzene rings is 2. The van der Waals surface area contributed by atoms with Crippen molar-refractivity contribution >= 4 is 31.7 Å². The lowest BCUT2D eigenvalue weighted by Crippen LogP contribution is -2.07. The molecule has 0 radical (unpaired) electrons. The lowest BCUT2D eigenvalue weighted by molar-refractivity contribution is 0.419. The molecule has 0 N–H and O–H groups in total. The van der Waals surface area contributed by atoms with Crippen molar-refractivity contribution in [3.8, 4) is 11.5 Å². The van der Waals surface area contributed by atoms with Crippen LogP contribution in [0.5, 0.6) is 11.5 Å². The van der Waals surface area contributed by atoms with E-state index < -0.39 is 9.84 Å². The lowest BCUT2D eigenvalue weighted by Gasteiger charge is -2.10. The first-order valence-electron chi connectivity index (χ1n) is 8.11. The molecule has 7 nitrogen and oxygen atoms in total. The van der Waals surface area contributed by atoms with Crippen LogP contribution in [0.15, 0.2) is 58.1 Å². The molecule has 0 saturated carbocycles. The molecule has 4 aromatic rings. The monoisotopic (exact) mass is 384 g/mol. The third-order valence-corrected chi connectivity index (χ3v) is 5.98. The Morgan fingerprint density at radius 3 is 2.59 bits per heavy atom. The van der Waals surface area contributed by atoms with Crippen molar-refractivity contribution in [3.63, 3.8) is 0 Å². The summed E-state index contributed by atoms with van der Waals surface area (Å²) >= 11 is 0. The molecule has 8 heteroatoms. The van der Waals surface area contributed by atoms with Gasteiger partial charge in [-0.1, -0.05) is 11.2 Å². The average molecular weight is 384 g/mol. The number of sulfone groups is 1. The van der Waals surface area contributed by atoms with Gasteiger partial charge in [0.25, 0.3) is 0 Å². The Balaban J connectivity index is 1.86. The Bertz CT molecular complexity index is 1250. The predicted molar refractivity (Wildman–Crippen MR) is 99.7 cm³/mol. The zero-order valence-corrected chi connectivity index (χ0v) is 15.5.